The first-order valence-electron chi connectivity index (χ1n) is 8.00. The van der Waals surface area contributed by atoms with Crippen LogP contribution in [0.4, 0.5) is 13.2 Å². The smallest absolute Gasteiger partial charge is 0.369 e. The summed E-state index contributed by atoms with van der Waals surface area (Å²) in [7, 11) is 0. The summed E-state index contributed by atoms with van der Waals surface area (Å²) in [6, 6.07) is 9.17. The number of aryl methyl sites for hydroxylation is 1. The molecule has 1 atom stereocenters. The molecule has 0 saturated heterocycles. The number of carbonyl (C=O) groups excluding carboxylic acids is 1. The molecule has 0 fully saturated rings. The van der Waals surface area contributed by atoms with E-state index in [9.17, 15) is 23.1 Å². The number of carbonyl (C=O) groups is 1. The van der Waals surface area contributed by atoms with Crippen LogP contribution >= 0.6 is 0 Å². The van der Waals surface area contributed by atoms with Crippen LogP contribution in [0.3, 0.4) is 0 Å². The lowest BCUT2D eigenvalue weighted by Gasteiger charge is -2.31. The lowest BCUT2D eigenvalue weighted by atomic mass is 9.99. The molecule has 1 amide bonds. The van der Waals surface area contributed by atoms with Gasteiger partial charge in [0.1, 0.15) is 5.71 Å². The van der Waals surface area contributed by atoms with Gasteiger partial charge in [0.05, 0.1) is 0 Å². The van der Waals surface area contributed by atoms with Crippen molar-refractivity contribution >= 4 is 11.6 Å². The van der Waals surface area contributed by atoms with Crippen LogP contribution in [0.5, 0.6) is 0 Å². The molecule has 0 aliphatic carbocycles. The second kappa shape index (κ2) is 7.34. The van der Waals surface area contributed by atoms with Crippen molar-refractivity contribution in [1.82, 2.24) is 5.01 Å². The van der Waals surface area contributed by atoms with E-state index in [-0.39, 0.29) is 12.8 Å². The molecule has 1 heterocycles. The van der Waals surface area contributed by atoms with E-state index in [2.05, 4.69) is 5.10 Å². The van der Waals surface area contributed by atoms with E-state index in [0.717, 1.165) is 5.56 Å². The van der Waals surface area contributed by atoms with Crippen LogP contribution in [0, 0.1) is 0 Å². The highest BCUT2D eigenvalue weighted by molar-refractivity contribution is 5.94. The van der Waals surface area contributed by atoms with E-state index in [1.165, 1.54) is 0 Å². The molecule has 132 valence electrons. The van der Waals surface area contributed by atoms with Crippen LogP contribution in [-0.4, -0.2) is 33.6 Å². The second-order valence-corrected chi connectivity index (χ2v) is 6.00. The molecule has 1 aromatic carbocycles. The molecule has 7 heteroatoms. The third-order valence-corrected chi connectivity index (χ3v) is 4.03. The minimum Gasteiger partial charge on any atom is -0.369 e. The van der Waals surface area contributed by atoms with Crippen molar-refractivity contribution in [3.05, 3.63) is 35.9 Å². The number of aliphatic hydroxyl groups is 1. The van der Waals surface area contributed by atoms with E-state index in [1.54, 1.807) is 0 Å². The minimum atomic E-state index is -4.64. The molecule has 0 bridgehead atoms. The Kier molecular flexibility index (Phi) is 5.64. The average Bonchev–Trinajstić information content (AvgIpc) is 2.90. The zero-order valence-electron chi connectivity index (χ0n) is 13.5. The van der Waals surface area contributed by atoms with Gasteiger partial charge in [-0.05, 0) is 24.8 Å². The Morgan fingerprint density at radius 2 is 2.00 bits per heavy atom. The van der Waals surface area contributed by atoms with E-state index in [4.69, 9.17) is 0 Å². The van der Waals surface area contributed by atoms with Crippen molar-refractivity contribution in [2.45, 2.75) is 57.3 Å². The van der Waals surface area contributed by atoms with E-state index >= 15 is 0 Å². The fraction of sp³-hybridized carbons (Fsp3) is 0.529. The standard InChI is InChI=1S/C17H21F3N2O2/c1-2-3-11-16(24)12-14(17(18,19)20)21-22(16)15(23)10-9-13-7-5-4-6-8-13/h4-8,24H,2-3,9-12H2,1H3. The molecular formula is C17H21F3N2O2. The van der Waals surface area contributed by atoms with E-state index in [1.807, 2.05) is 37.3 Å². The van der Waals surface area contributed by atoms with Gasteiger partial charge in [-0.25, -0.2) is 5.01 Å². The van der Waals surface area contributed by atoms with Crippen molar-refractivity contribution in [1.29, 1.82) is 0 Å². The summed E-state index contributed by atoms with van der Waals surface area (Å²) in [6.07, 6.45) is -3.65. The van der Waals surface area contributed by atoms with Gasteiger partial charge in [-0.1, -0.05) is 43.7 Å². The Morgan fingerprint density at radius 3 is 2.58 bits per heavy atom. The van der Waals surface area contributed by atoms with E-state index < -0.39 is 29.9 Å². The number of hydrazone groups is 1. The first-order valence-corrected chi connectivity index (χ1v) is 8.00. The van der Waals surface area contributed by atoms with Crippen molar-refractivity contribution < 1.29 is 23.1 Å². The van der Waals surface area contributed by atoms with Crippen LogP contribution in [0.15, 0.2) is 35.4 Å². The Balaban J connectivity index is 2.12. The van der Waals surface area contributed by atoms with Gasteiger partial charge in [0, 0.05) is 12.8 Å². The number of unbranched alkanes of at least 4 members (excludes halogenated alkanes) is 1. The topological polar surface area (TPSA) is 52.9 Å². The number of hydrogen-bond donors (Lipinski definition) is 1. The van der Waals surface area contributed by atoms with Crippen LogP contribution < -0.4 is 0 Å². The second-order valence-electron chi connectivity index (χ2n) is 6.00. The summed E-state index contributed by atoms with van der Waals surface area (Å²) in [5.74, 6) is -0.600. The maximum atomic E-state index is 12.9. The van der Waals surface area contributed by atoms with Crippen LogP contribution in [0.25, 0.3) is 0 Å². The first kappa shape index (κ1) is 18.4. The lowest BCUT2D eigenvalue weighted by Crippen LogP contribution is -2.46. The Bertz CT molecular complexity index is 602. The molecule has 4 nitrogen and oxygen atoms in total. The minimum absolute atomic E-state index is 0.00686. The highest BCUT2D eigenvalue weighted by atomic mass is 19.4. The molecule has 1 aliphatic rings. The summed E-state index contributed by atoms with van der Waals surface area (Å²) >= 11 is 0. The molecule has 0 spiro atoms. The first-order chi connectivity index (χ1) is 11.3. The van der Waals surface area contributed by atoms with E-state index in [0.29, 0.717) is 24.3 Å². The summed E-state index contributed by atoms with van der Waals surface area (Å²) in [5.41, 5.74) is -2.08. The Hall–Kier alpha value is -1.89. The van der Waals surface area contributed by atoms with Crippen molar-refractivity contribution in [2.24, 2.45) is 5.10 Å². The highest BCUT2D eigenvalue weighted by Crippen LogP contribution is 2.36. The fourth-order valence-electron chi connectivity index (χ4n) is 2.69. The third kappa shape index (κ3) is 4.35. The predicted octanol–water partition coefficient (Wildman–Crippen LogP) is 3.65. The molecular weight excluding hydrogens is 321 g/mol. The number of amides is 1. The number of hydrogen-bond acceptors (Lipinski definition) is 3. The normalized spacial score (nSPS) is 21.0. The molecule has 0 aromatic heterocycles. The van der Waals surface area contributed by atoms with Gasteiger partial charge in [-0.15, -0.1) is 0 Å². The van der Waals surface area contributed by atoms with Crippen molar-refractivity contribution in [3.8, 4) is 0 Å². The van der Waals surface area contributed by atoms with Gasteiger partial charge in [-0.2, -0.15) is 18.3 Å². The van der Waals surface area contributed by atoms with Gasteiger partial charge in [0.15, 0.2) is 5.72 Å². The fourth-order valence-corrected chi connectivity index (χ4v) is 2.69. The van der Waals surface area contributed by atoms with Gasteiger partial charge in [0.2, 0.25) is 5.91 Å². The van der Waals surface area contributed by atoms with Crippen LogP contribution in [0.1, 0.15) is 44.6 Å². The molecule has 1 N–H and O–H groups in total. The van der Waals surface area contributed by atoms with Gasteiger partial charge in [-0.3, -0.25) is 4.79 Å². The highest BCUT2D eigenvalue weighted by Gasteiger charge is 2.51. The number of halogens is 3. The molecule has 24 heavy (non-hydrogen) atoms. The number of rotatable bonds is 6. The van der Waals surface area contributed by atoms with Crippen molar-refractivity contribution in [2.75, 3.05) is 0 Å². The van der Waals surface area contributed by atoms with Crippen LogP contribution in [-0.2, 0) is 11.2 Å². The summed E-state index contributed by atoms with van der Waals surface area (Å²) in [5, 5.41) is 14.6. The molecule has 0 saturated carbocycles. The zero-order chi connectivity index (χ0) is 17.8. The number of benzene rings is 1. The monoisotopic (exact) mass is 342 g/mol. The van der Waals surface area contributed by atoms with Crippen LogP contribution in [0.2, 0.25) is 0 Å². The summed E-state index contributed by atoms with van der Waals surface area (Å²) < 4.78 is 38.8. The SMILES string of the molecule is CCCCC1(O)CC(C(F)(F)F)=NN1C(=O)CCc1ccccc1. The lowest BCUT2D eigenvalue weighted by molar-refractivity contribution is -0.157. The Labute approximate surface area is 139 Å². The average molecular weight is 342 g/mol. The molecule has 1 unspecified atom stereocenters. The summed E-state index contributed by atoms with van der Waals surface area (Å²) in [4.78, 5) is 12.4. The van der Waals surface area contributed by atoms with Crippen molar-refractivity contribution in [3.63, 3.8) is 0 Å². The maximum Gasteiger partial charge on any atom is 0.431 e. The maximum absolute atomic E-state index is 12.9. The Morgan fingerprint density at radius 1 is 1.33 bits per heavy atom. The van der Waals surface area contributed by atoms with Gasteiger partial charge < -0.3 is 5.11 Å². The largest absolute Gasteiger partial charge is 0.431 e. The van der Waals surface area contributed by atoms with Gasteiger partial charge in [0.25, 0.3) is 0 Å². The molecule has 0 radical (unpaired) electrons. The molecule has 1 aromatic rings. The van der Waals surface area contributed by atoms with Gasteiger partial charge >= 0.3 is 6.18 Å². The molecule has 1 aliphatic heterocycles. The quantitative estimate of drug-likeness (QED) is 0.858. The number of alkyl halides is 3. The predicted molar refractivity (Wildman–Crippen MR) is 84.2 cm³/mol. The summed E-state index contributed by atoms with van der Waals surface area (Å²) in [6.45, 7) is 1.87. The molecule has 2 rings (SSSR count). The third-order valence-electron chi connectivity index (χ3n) is 4.03. The number of nitrogens with zero attached hydrogens (tertiary/aromatic N) is 2. The zero-order valence-corrected chi connectivity index (χ0v) is 13.5.